The number of benzene rings is 2. The summed E-state index contributed by atoms with van der Waals surface area (Å²) in [7, 11) is 0. The third kappa shape index (κ3) is 4.00. The van der Waals surface area contributed by atoms with E-state index in [0.29, 0.717) is 0 Å². The summed E-state index contributed by atoms with van der Waals surface area (Å²) in [5.41, 5.74) is 8.62. The molecule has 1 nitrogen and oxygen atoms in total. The van der Waals surface area contributed by atoms with Crippen LogP contribution in [0.1, 0.15) is 23.3 Å². The van der Waals surface area contributed by atoms with Gasteiger partial charge in [0.1, 0.15) is 0 Å². The summed E-state index contributed by atoms with van der Waals surface area (Å²) in [6, 6.07) is 16.5. The first-order valence-corrected chi connectivity index (χ1v) is 7.56. The van der Waals surface area contributed by atoms with E-state index in [1.807, 2.05) is 19.1 Å². The molecule has 2 N–H and O–H groups in total. The summed E-state index contributed by atoms with van der Waals surface area (Å²) >= 11 is 7.74. The highest BCUT2D eigenvalue weighted by molar-refractivity contribution is 7.99. The SMILES string of the molecule is Cc1cccc(SC(c2ccc(Cl)cc2)C(C)N)c1. The minimum atomic E-state index is 0.0756. The molecule has 0 spiro atoms. The van der Waals surface area contributed by atoms with Crippen LogP contribution in [0.5, 0.6) is 0 Å². The minimum absolute atomic E-state index is 0.0756. The smallest absolute Gasteiger partial charge is 0.0492 e. The standard InChI is InChI=1S/C16H18ClNS/c1-11-4-3-5-15(10-11)19-16(12(2)18)13-6-8-14(17)9-7-13/h3-10,12,16H,18H2,1-2H3. The van der Waals surface area contributed by atoms with Gasteiger partial charge >= 0.3 is 0 Å². The van der Waals surface area contributed by atoms with Crippen LogP contribution in [0.2, 0.25) is 5.02 Å². The number of thioether (sulfide) groups is 1. The summed E-state index contributed by atoms with van der Waals surface area (Å²) in [6.45, 7) is 4.15. The maximum atomic E-state index is 6.14. The third-order valence-electron chi connectivity index (χ3n) is 2.93. The molecule has 0 amide bonds. The van der Waals surface area contributed by atoms with Crippen molar-refractivity contribution >= 4 is 23.4 Å². The molecular formula is C16H18ClNS. The second-order valence-corrected chi connectivity index (χ2v) is 6.42. The van der Waals surface area contributed by atoms with E-state index in [-0.39, 0.29) is 11.3 Å². The molecule has 0 saturated carbocycles. The van der Waals surface area contributed by atoms with Crippen molar-refractivity contribution in [3.8, 4) is 0 Å². The van der Waals surface area contributed by atoms with E-state index >= 15 is 0 Å². The fraction of sp³-hybridized carbons (Fsp3) is 0.250. The van der Waals surface area contributed by atoms with E-state index < -0.39 is 0 Å². The van der Waals surface area contributed by atoms with Crippen molar-refractivity contribution in [2.24, 2.45) is 5.73 Å². The summed E-state index contributed by atoms with van der Waals surface area (Å²) in [5.74, 6) is 0. The van der Waals surface area contributed by atoms with Crippen LogP contribution in [0.25, 0.3) is 0 Å². The zero-order valence-corrected chi connectivity index (χ0v) is 12.7. The molecule has 2 atom stereocenters. The molecule has 0 bridgehead atoms. The second kappa shape index (κ2) is 6.47. The van der Waals surface area contributed by atoms with Crippen molar-refractivity contribution < 1.29 is 0 Å². The first-order valence-electron chi connectivity index (χ1n) is 6.30. The lowest BCUT2D eigenvalue weighted by atomic mass is 10.1. The quantitative estimate of drug-likeness (QED) is 0.817. The maximum absolute atomic E-state index is 6.14. The monoisotopic (exact) mass is 291 g/mol. The Morgan fingerprint density at radius 2 is 1.79 bits per heavy atom. The Hall–Kier alpha value is -0.960. The zero-order valence-electron chi connectivity index (χ0n) is 11.1. The Kier molecular flexibility index (Phi) is 4.92. The second-order valence-electron chi connectivity index (χ2n) is 4.77. The summed E-state index contributed by atoms with van der Waals surface area (Å²) in [5, 5.41) is 0.992. The molecule has 0 heterocycles. The number of hydrogen-bond donors (Lipinski definition) is 1. The van der Waals surface area contributed by atoms with Crippen LogP contribution in [0.4, 0.5) is 0 Å². The fourth-order valence-electron chi connectivity index (χ4n) is 1.97. The van der Waals surface area contributed by atoms with Gasteiger partial charge in [-0.05, 0) is 43.7 Å². The van der Waals surface area contributed by atoms with Crippen LogP contribution >= 0.6 is 23.4 Å². The van der Waals surface area contributed by atoms with Crippen LogP contribution in [-0.4, -0.2) is 6.04 Å². The Bertz CT molecular complexity index is 537. The average molecular weight is 292 g/mol. The predicted octanol–water partition coefficient (Wildman–Crippen LogP) is 4.83. The molecule has 2 aromatic rings. The topological polar surface area (TPSA) is 26.0 Å². The Labute approximate surface area is 124 Å². The van der Waals surface area contributed by atoms with Gasteiger partial charge in [0.25, 0.3) is 0 Å². The molecule has 0 saturated heterocycles. The van der Waals surface area contributed by atoms with Crippen molar-refractivity contribution in [3.05, 3.63) is 64.7 Å². The molecule has 100 valence electrons. The van der Waals surface area contributed by atoms with Gasteiger partial charge in [-0.15, -0.1) is 11.8 Å². The molecule has 2 aromatic carbocycles. The Morgan fingerprint density at radius 1 is 1.11 bits per heavy atom. The highest BCUT2D eigenvalue weighted by atomic mass is 35.5. The van der Waals surface area contributed by atoms with Crippen molar-refractivity contribution in [1.29, 1.82) is 0 Å². The van der Waals surface area contributed by atoms with Gasteiger partial charge < -0.3 is 5.73 Å². The molecule has 0 aromatic heterocycles. The number of halogens is 1. The van der Waals surface area contributed by atoms with E-state index in [1.54, 1.807) is 11.8 Å². The van der Waals surface area contributed by atoms with E-state index in [4.69, 9.17) is 17.3 Å². The Morgan fingerprint density at radius 3 is 2.37 bits per heavy atom. The molecule has 19 heavy (non-hydrogen) atoms. The average Bonchev–Trinajstić information content (AvgIpc) is 2.37. The summed E-state index contributed by atoms with van der Waals surface area (Å²) < 4.78 is 0. The number of nitrogens with two attached hydrogens (primary N) is 1. The van der Waals surface area contributed by atoms with Gasteiger partial charge in [0.05, 0.1) is 0 Å². The van der Waals surface area contributed by atoms with Crippen molar-refractivity contribution in [1.82, 2.24) is 0 Å². The first-order chi connectivity index (χ1) is 9.06. The summed E-state index contributed by atoms with van der Waals surface area (Å²) in [4.78, 5) is 1.25. The molecule has 2 rings (SSSR count). The maximum Gasteiger partial charge on any atom is 0.0492 e. The van der Waals surface area contributed by atoms with Crippen LogP contribution in [0.15, 0.2) is 53.4 Å². The fourth-order valence-corrected chi connectivity index (χ4v) is 3.30. The van der Waals surface area contributed by atoms with Crippen LogP contribution in [0, 0.1) is 6.92 Å². The van der Waals surface area contributed by atoms with Crippen molar-refractivity contribution in [3.63, 3.8) is 0 Å². The number of hydrogen-bond acceptors (Lipinski definition) is 2. The third-order valence-corrected chi connectivity index (χ3v) is 4.66. The molecule has 0 aliphatic carbocycles. The first kappa shape index (κ1) is 14.4. The van der Waals surface area contributed by atoms with E-state index in [1.165, 1.54) is 16.0 Å². The van der Waals surface area contributed by atoms with Crippen molar-refractivity contribution in [2.45, 2.75) is 30.0 Å². The van der Waals surface area contributed by atoms with E-state index in [9.17, 15) is 0 Å². The van der Waals surface area contributed by atoms with E-state index in [2.05, 4.69) is 43.3 Å². The van der Waals surface area contributed by atoms with Gasteiger partial charge in [0.2, 0.25) is 0 Å². The number of aryl methyl sites for hydroxylation is 1. The van der Waals surface area contributed by atoms with Gasteiger partial charge in [-0.2, -0.15) is 0 Å². The lowest BCUT2D eigenvalue weighted by Crippen LogP contribution is -2.22. The molecule has 2 unspecified atom stereocenters. The van der Waals surface area contributed by atoms with Crippen LogP contribution < -0.4 is 5.73 Å². The van der Waals surface area contributed by atoms with Gasteiger partial charge in [-0.1, -0.05) is 41.4 Å². The normalized spacial score (nSPS) is 14.1. The highest BCUT2D eigenvalue weighted by Crippen LogP contribution is 2.37. The van der Waals surface area contributed by atoms with Gasteiger partial charge in [0, 0.05) is 21.2 Å². The van der Waals surface area contributed by atoms with Gasteiger partial charge in [-0.25, -0.2) is 0 Å². The largest absolute Gasteiger partial charge is 0.327 e. The predicted molar refractivity (Wildman–Crippen MR) is 84.9 cm³/mol. The molecule has 3 heteroatoms. The molecule has 0 fully saturated rings. The van der Waals surface area contributed by atoms with Crippen LogP contribution in [0.3, 0.4) is 0 Å². The molecule has 0 aliphatic heterocycles. The lowest BCUT2D eigenvalue weighted by Gasteiger charge is -2.21. The Balaban J connectivity index is 2.23. The van der Waals surface area contributed by atoms with Gasteiger partial charge in [-0.3, -0.25) is 0 Å². The summed E-state index contributed by atoms with van der Waals surface area (Å²) in [6.07, 6.45) is 0. The molecule has 0 radical (unpaired) electrons. The van der Waals surface area contributed by atoms with Crippen LogP contribution in [-0.2, 0) is 0 Å². The highest BCUT2D eigenvalue weighted by Gasteiger charge is 2.17. The molecular weight excluding hydrogens is 274 g/mol. The zero-order chi connectivity index (χ0) is 13.8. The van der Waals surface area contributed by atoms with Gasteiger partial charge in [0.15, 0.2) is 0 Å². The molecule has 0 aliphatic rings. The lowest BCUT2D eigenvalue weighted by molar-refractivity contribution is 0.721. The minimum Gasteiger partial charge on any atom is -0.327 e. The number of rotatable bonds is 4. The van der Waals surface area contributed by atoms with E-state index in [0.717, 1.165) is 5.02 Å². The van der Waals surface area contributed by atoms with Crippen molar-refractivity contribution in [2.75, 3.05) is 0 Å².